The lowest BCUT2D eigenvalue weighted by atomic mass is 9.90. The minimum atomic E-state index is -1.24. The molecule has 1 heterocycles. The SMILES string of the molecule is CC(=O)OCC1OC(c2ccc(Br)c(COc3ccccc3)c2)C(OC(C)=O)C(OC(C)=O)C1OC(C)=O. The van der Waals surface area contributed by atoms with Gasteiger partial charge >= 0.3 is 23.9 Å². The van der Waals surface area contributed by atoms with E-state index in [2.05, 4.69) is 15.9 Å². The first-order valence-corrected chi connectivity index (χ1v) is 12.6. The Balaban J connectivity index is 2.01. The van der Waals surface area contributed by atoms with E-state index in [1.54, 1.807) is 18.2 Å². The van der Waals surface area contributed by atoms with Crippen LogP contribution in [-0.4, -0.2) is 54.9 Å². The molecule has 0 saturated carbocycles. The second-order valence-corrected chi connectivity index (χ2v) is 9.43. The van der Waals surface area contributed by atoms with Crippen LogP contribution in [0.3, 0.4) is 0 Å². The number of rotatable bonds is 9. The topological polar surface area (TPSA) is 124 Å². The summed E-state index contributed by atoms with van der Waals surface area (Å²) in [4.78, 5) is 47.6. The first-order chi connectivity index (χ1) is 18.0. The summed E-state index contributed by atoms with van der Waals surface area (Å²) in [7, 11) is 0. The van der Waals surface area contributed by atoms with Crippen LogP contribution in [0.25, 0.3) is 0 Å². The van der Waals surface area contributed by atoms with Gasteiger partial charge in [0.1, 0.15) is 31.2 Å². The van der Waals surface area contributed by atoms with Crippen molar-refractivity contribution in [1.29, 1.82) is 0 Å². The number of hydrogen-bond donors (Lipinski definition) is 0. The molecule has 10 nitrogen and oxygen atoms in total. The lowest BCUT2D eigenvalue weighted by molar-refractivity contribution is -0.254. The number of halogens is 1. The maximum absolute atomic E-state index is 12.1. The van der Waals surface area contributed by atoms with Crippen molar-refractivity contribution >= 4 is 39.8 Å². The van der Waals surface area contributed by atoms with Crippen LogP contribution in [0.15, 0.2) is 53.0 Å². The normalized spacial score (nSPS) is 22.6. The zero-order chi connectivity index (χ0) is 27.8. The highest BCUT2D eigenvalue weighted by Gasteiger charge is 2.52. The fourth-order valence-electron chi connectivity index (χ4n) is 4.06. The molecule has 38 heavy (non-hydrogen) atoms. The first-order valence-electron chi connectivity index (χ1n) is 11.8. The standard InChI is InChI=1S/C27H29BrO10/c1-15(29)33-14-23-25(35-16(2)30)27(37-18(4)32)26(36-17(3)31)24(38-23)19-10-11-22(28)20(12-19)13-34-21-8-6-5-7-9-21/h5-12,23-27H,13-14H2,1-4H3. The summed E-state index contributed by atoms with van der Waals surface area (Å²) in [6, 6.07) is 14.6. The molecule has 0 N–H and O–H groups in total. The van der Waals surface area contributed by atoms with Crippen LogP contribution in [0.2, 0.25) is 0 Å². The van der Waals surface area contributed by atoms with E-state index in [9.17, 15) is 19.2 Å². The molecule has 0 bridgehead atoms. The van der Waals surface area contributed by atoms with Gasteiger partial charge in [-0.3, -0.25) is 19.2 Å². The van der Waals surface area contributed by atoms with Crippen molar-refractivity contribution in [3.8, 4) is 5.75 Å². The second-order valence-electron chi connectivity index (χ2n) is 8.57. The van der Waals surface area contributed by atoms with Crippen LogP contribution < -0.4 is 4.74 Å². The molecule has 0 amide bonds. The molecule has 0 aromatic heterocycles. The molecule has 3 rings (SSSR count). The zero-order valence-corrected chi connectivity index (χ0v) is 23.0. The number of para-hydroxylation sites is 1. The molecular formula is C27H29BrO10. The fraction of sp³-hybridized carbons (Fsp3) is 0.407. The second kappa shape index (κ2) is 13.4. The van der Waals surface area contributed by atoms with Crippen LogP contribution in [0.5, 0.6) is 5.75 Å². The lowest BCUT2D eigenvalue weighted by Crippen LogP contribution is -2.59. The quantitative estimate of drug-likeness (QED) is 0.313. The van der Waals surface area contributed by atoms with Crippen molar-refractivity contribution in [2.45, 2.75) is 64.8 Å². The summed E-state index contributed by atoms with van der Waals surface area (Å²) in [5, 5.41) is 0. The molecule has 1 fully saturated rings. The van der Waals surface area contributed by atoms with E-state index in [1.165, 1.54) is 27.7 Å². The third kappa shape index (κ3) is 8.03. The molecular weight excluding hydrogens is 564 g/mol. The smallest absolute Gasteiger partial charge is 0.303 e. The van der Waals surface area contributed by atoms with E-state index >= 15 is 0 Å². The largest absolute Gasteiger partial charge is 0.489 e. The zero-order valence-electron chi connectivity index (χ0n) is 21.4. The third-order valence-corrected chi connectivity index (χ3v) is 6.30. The van der Waals surface area contributed by atoms with E-state index in [4.69, 9.17) is 28.4 Å². The molecule has 2 aromatic rings. The van der Waals surface area contributed by atoms with Crippen molar-refractivity contribution in [2.75, 3.05) is 6.61 Å². The van der Waals surface area contributed by atoms with Crippen molar-refractivity contribution in [2.24, 2.45) is 0 Å². The van der Waals surface area contributed by atoms with E-state index in [0.717, 1.165) is 10.0 Å². The average Bonchev–Trinajstić information content (AvgIpc) is 2.84. The van der Waals surface area contributed by atoms with Crippen molar-refractivity contribution in [3.63, 3.8) is 0 Å². The molecule has 204 valence electrons. The highest BCUT2D eigenvalue weighted by atomic mass is 79.9. The maximum Gasteiger partial charge on any atom is 0.303 e. The fourth-order valence-corrected chi connectivity index (χ4v) is 4.42. The number of esters is 4. The van der Waals surface area contributed by atoms with Gasteiger partial charge in [-0.05, 0) is 29.8 Å². The van der Waals surface area contributed by atoms with Crippen molar-refractivity contribution < 1.29 is 47.6 Å². The molecule has 1 aliphatic rings. The summed E-state index contributed by atoms with van der Waals surface area (Å²) in [5.74, 6) is -1.94. The Hall–Kier alpha value is -3.44. The summed E-state index contributed by atoms with van der Waals surface area (Å²) in [5.41, 5.74) is 1.33. The summed E-state index contributed by atoms with van der Waals surface area (Å²) < 4.78 is 34.6. The minimum absolute atomic E-state index is 0.212. The first kappa shape index (κ1) is 29.1. The highest BCUT2D eigenvalue weighted by molar-refractivity contribution is 9.10. The number of benzene rings is 2. The minimum Gasteiger partial charge on any atom is -0.489 e. The van der Waals surface area contributed by atoms with Gasteiger partial charge in [-0.25, -0.2) is 0 Å². The van der Waals surface area contributed by atoms with Gasteiger partial charge in [-0.15, -0.1) is 0 Å². The highest BCUT2D eigenvalue weighted by Crippen LogP contribution is 2.38. The Bertz CT molecular complexity index is 1150. The molecule has 2 aromatic carbocycles. The third-order valence-electron chi connectivity index (χ3n) is 5.53. The number of ether oxygens (including phenoxy) is 6. The van der Waals surface area contributed by atoms with Crippen LogP contribution in [0, 0.1) is 0 Å². The lowest BCUT2D eigenvalue weighted by Gasteiger charge is -2.44. The van der Waals surface area contributed by atoms with Gasteiger partial charge in [0.15, 0.2) is 18.3 Å². The molecule has 5 atom stereocenters. The molecule has 0 aliphatic carbocycles. The van der Waals surface area contributed by atoms with E-state index in [-0.39, 0.29) is 13.2 Å². The van der Waals surface area contributed by atoms with Crippen LogP contribution in [0.4, 0.5) is 0 Å². The van der Waals surface area contributed by atoms with Crippen LogP contribution >= 0.6 is 15.9 Å². The van der Waals surface area contributed by atoms with Gasteiger partial charge in [0.2, 0.25) is 0 Å². The van der Waals surface area contributed by atoms with Gasteiger partial charge in [0, 0.05) is 37.7 Å². The van der Waals surface area contributed by atoms with Gasteiger partial charge in [0.25, 0.3) is 0 Å². The molecule has 0 radical (unpaired) electrons. The van der Waals surface area contributed by atoms with Gasteiger partial charge < -0.3 is 28.4 Å². The van der Waals surface area contributed by atoms with E-state index in [0.29, 0.717) is 11.3 Å². The monoisotopic (exact) mass is 592 g/mol. The molecule has 1 saturated heterocycles. The Morgan fingerprint density at radius 3 is 2.00 bits per heavy atom. The van der Waals surface area contributed by atoms with Gasteiger partial charge in [0.05, 0.1) is 0 Å². The Kier molecular flexibility index (Phi) is 10.3. The molecule has 1 aliphatic heterocycles. The number of hydrogen-bond acceptors (Lipinski definition) is 10. The predicted octanol–water partition coefficient (Wildman–Crippen LogP) is 3.83. The number of carbonyl (C=O) groups excluding carboxylic acids is 4. The Labute approximate surface area is 228 Å². The van der Waals surface area contributed by atoms with Crippen LogP contribution in [0.1, 0.15) is 44.9 Å². The Morgan fingerprint density at radius 2 is 1.39 bits per heavy atom. The van der Waals surface area contributed by atoms with Crippen molar-refractivity contribution in [1.82, 2.24) is 0 Å². The van der Waals surface area contributed by atoms with Crippen LogP contribution in [-0.2, 0) is 49.5 Å². The molecule has 11 heteroatoms. The van der Waals surface area contributed by atoms with Gasteiger partial charge in [-0.2, -0.15) is 0 Å². The van der Waals surface area contributed by atoms with Gasteiger partial charge in [-0.1, -0.05) is 40.2 Å². The van der Waals surface area contributed by atoms with Crippen molar-refractivity contribution in [3.05, 3.63) is 64.1 Å². The molecule has 0 spiro atoms. The summed E-state index contributed by atoms with van der Waals surface area (Å²) in [6.45, 7) is 4.70. The summed E-state index contributed by atoms with van der Waals surface area (Å²) in [6.07, 6.45) is -5.64. The summed E-state index contributed by atoms with van der Waals surface area (Å²) >= 11 is 3.53. The van der Waals surface area contributed by atoms with E-state index in [1.807, 2.05) is 30.3 Å². The predicted molar refractivity (Wildman–Crippen MR) is 136 cm³/mol. The maximum atomic E-state index is 12.1. The number of carbonyl (C=O) groups is 4. The molecule has 5 unspecified atom stereocenters. The average molecular weight is 593 g/mol. The van der Waals surface area contributed by atoms with E-state index < -0.39 is 54.4 Å². The Morgan fingerprint density at radius 1 is 0.789 bits per heavy atom.